The summed E-state index contributed by atoms with van der Waals surface area (Å²) in [6.45, 7) is 0. The van der Waals surface area contributed by atoms with Crippen LogP contribution in [0, 0.1) is 5.82 Å². The van der Waals surface area contributed by atoms with Gasteiger partial charge in [-0.05, 0) is 42.2 Å². The van der Waals surface area contributed by atoms with E-state index < -0.39 is 17.9 Å². The third-order valence-corrected chi connectivity index (χ3v) is 5.14. The molecule has 122 valence electrons. The molecule has 0 radical (unpaired) electrons. The third kappa shape index (κ3) is 4.33. The lowest BCUT2D eigenvalue weighted by molar-refractivity contribution is -0.310. The van der Waals surface area contributed by atoms with Crippen LogP contribution in [0.2, 0.25) is 0 Å². The van der Waals surface area contributed by atoms with Crippen LogP contribution in [-0.2, 0) is 9.59 Å². The highest BCUT2D eigenvalue weighted by Gasteiger charge is 2.37. The second-order valence-corrected chi connectivity index (χ2v) is 7.38. The molecule has 4 nitrogen and oxygen atoms in total. The average molecular weight is 370 g/mol. The Labute approximate surface area is 147 Å². The molecule has 1 amide bonds. The number of carboxylic acids is 1. The Balaban J connectivity index is 2.24. The zero-order chi connectivity index (χ0) is 17.0. The van der Waals surface area contributed by atoms with Crippen molar-refractivity contribution in [2.75, 3.05) is 12.0 Å². The Bertz CT molecular complexity index is 660. The van der Waals surface area contributed by atoms with Crippen LogP contribution in [0.4, 0.5) is 4.39 Å². The van der Waals surface area contributed by atoms with Crippen LogP contribution in [0.5, 0.6) is 0 Å². The van der Waals surface area contributed by atoms with Gasteiger partial charge in [-0.25, -0.2) is 4.39 Å². The fourth-order valence-electron chi connectivity index (χ4n) is 2.04. The minimum atomic E-state index is -1.32. The summed E-state index contributed by atoms with van der Waals surface area (Å²) in [4.78, 5) is 25.2. The molecular weight excluding hydrogens is 357 g/mol. The molecule has 0 saturated carbocycles. The molecule has 1 aromatic carbocycles. The van der Waals surface area contributed by atoms with E-state index in [9.17, 15) is 19.1 Å². The summed E-state index contributed by atoms with van der Waals surface area (Å²) in [5.41, 5.74) is 0.640. The van der Waals surface area contributed by atoms with Crippen molar-refractivity contribution < 1.29 is 19.1 Å². The van der Waals surface area contributed by atoms with Crippen molar-refractivity contribution >= 4 is 58.0 Å². The van der Waals surface area contributed by atoms with Crippen molar-refractivity contribution in [3.05, 3.63) is 40.6 Å². The van der Waals surface area contributed by atoms with E-state index in [1.54, 1.807) is 6.08 Å². The molecule has 0 bridgehead atoms. The van der Waals surface area contributed by atoms with Gasteiger partial charge in [-0.3, -0.25) is 9.69 Å². The maximum atomic E-state index is 12.9. The second kappa shape index (κ2) is 7.94. The molecule has 1 heterocycles. The quantitative estimate of drug-likeness (QED) is 0.563. The zero-order valence-electron chi connectivity index (χ0n) is 12.2. The number of amides is 1. The van der Waals surface area contributed by atoms with Gasteiger partial charge < -0.3 is 9.90 Å². The summed E-state index contributed by atoms with van der Waals surface area (Å²) >= 11 is 7.67. The van der Waals surface area contributed by atoms with Crippen LogP contribution in [0.3, 0.4) is 0 Å². The highest BCUT2D eigenvalue weighted by Crippen LogP contribution is 2.34. The molecule has 1 aliphatic rings. The molecule has 23 heavy (non-hydrogen) atoms. The van der Waals surface area contributed by atoms with Crippen molar-refractivity contribution in [1.82, 2.24) is 4.90 Å². The van der Waals surface area contributed by atoms with E-state index in [4.69, 9.17) is 12.2 Å². The van der Waals surface area contributed by atoms with Crippen molar-refractivity contribution in [3.8, 4) is 0 Å². The van der Waals surface area contributed by atoms with Crippen LogP contribution >= 0.6 is 35.7 Å². The molecule has 0 aliphatic carbocycles. The summed E-state index contributed by atoms with van der Waals surface area (Å²) in [5, 5.41) is 11.3. The molecule has 1 atom stereocenters. The predicted molar refractivity (Wildman–Crippen MR) is 93.2 cm³/mol. The highest BCUT2D eigenvalue weighted by atomic mass is 32.2. The van der Waals surface area contributed by atoms with E-state index in [1.807, 2.05) is 6.26 Å². The minimum Gasteiger partial charge on any atom is -0.548 e. The Hall–Kier alpha value is -1.38. The fraction of sp³-hybridized carbons (Fsp3) is 0.267. The van der Waals surface area contributed by atoms with Crippen LogP contribution in [0.15, 0.2) is 29.2 Å². The van der Waals surface area contributed by atoms with E-state index in [1.165, 1.54) is 36.0 Å². The zero-order valence-corrected chi connectivity index (χ0v) is 14.6. The maximum absolute atomic E-state index is 12.9. The van der Waals surface area contributed by atoms with Gasteiger partial charge in [0.15, 0.2) is 0 Å². The van der Waals surface area contributed by atoms with Crippen LogP contribution in [0.25, 0.3) is 6.08 Å². The summed E-state index contributed by atoms with van der Waals surface area (Å²) in [6, 6.07) is 4.57. The number of thiocarbonyl (C=S) groups is 1. The van der Waals surface area contributed by atoms with Gasteiger partial charge in [0.05, 0.1) is 16.9 Å². The number of rotatable bonds is 6. The van der Waals surface area contributed by atoms with Gasteiger partial charge in [0.2, 0.25) is 0 Å². The molecular formula is C15H13FNO3S3-. The van der Waals surface area contributed by atoms with Gasteiger partial charge in [-0.15, -0.1) is 0 Å². The SMILES string of the molecule is CSCC[C@H](C(=O)[O-])N1C(=O)/C(=C/c2ccc(F)cc2)SC1=S. The van der Waals surface area contributed by atoms with Crippen LogP contribution < -0.4 is 5.11 Å². The number of carboxylic acid groups (broad SMARTS) is 1. The number of carbonyl (C=O) groups is 2. The number of aliphatic carboxylic acids is 1. The lowest BCUT2D eigenvalue weighted by atomic mass is 10.1. The van der Waals surface area contributed by atoms with Gasteiger partial charge in [0.1, 0.15) is 10.1 Å². The lowest BCUT2D eigenvalue weighted by Gasteiger charge is -2.27. The van der Waals surface area contributed by atoms with Crippen molar-refractivity contribution in [2.45, 2.75) is 12.5 Å². The summed E-state index contributed by atoms with van der Waals surface area (Å²) in [6.07, 6.45) is 3.69. The molecule has 1 fully saturated rings. The first-order valence-electron chi connectivity index (χ1n) is 6.66. The van der Waals surface area contributed by atoms with Crippen LogP contribution in [-0.4, -0.2) is 39.1 Å². The van der Waals surface area contributed by atoms with Gasteiger partial charge in [0.25, 0.3) is 5.91 Å². The monoisotopic (exact) mass is 370 g/mol. The van der Waals surface area contributed by atoms with Gasteiger partial charge in [-0.1, -0.05) is 36.1 Å². The Morgan fingerprint density at radius 1 is 1.48 bits per heavy atom. The Kier molecular flexibility index (Phi) is 6.20. The Morgan fingerprint density at radius 2 is 2.13 bits per heavy atom. The molecule has 1 aliphatic heterocycles. The van der Waals surface area contributed by atoms with Crippen molar-refractivity contribution in [3.63, 3.8) is 0 Å². The number of halogens is 1. The number of hydrogen-bond donors (Lipinski definition) is 0. The molecule has 2 rings (SSSR count). The van der Waals surface area contributed by atoms with E-state index >= 15 is 0 Å². The average Bonchev–Trinajstić information content (AvgIpc) is 2.77. The first-order chi connectivity index (χ1) is 10.9. The van der Waals surface area contributed by atoms with E-state index in [2.05, 4.69) is 0 Å². The standard InChI is InChI=1S/C15H14FNO3S3/c1-22-7-6-11(14(19)20)17-13(18)12(23-15(17)21)8-9-2-4-10(16)5-3-9/h2-5,8,11H,6-7H2,1H3,(H,19,20)/p-1/b12-8-/t11-/m1/s1. The molecule has 0 N–H and O–H groups in total. The third-order valence-electron chi connectivity index (χ3n) is 3.17. The number of thioether (sulfide) groups is 2. The van der Waals surface area contributed by atoms with E-state index in [0.717, 1.165) is 16.7 Å². The highest BCUT2D eigenvalue weighted by molar-refractivity contribution is 8.26. The number of benzene rings is 1. The Morgan fingerprint density at radius 3 is 2.70 bits per heavy atom. The smallest absolute Gasteiger partial charge is 0.266 e. The second-order valence-electron chi connectivity index (χ2n) is 4.72. The lowest BCUT2D eigenvalue weighted by Crippen LogP contribution is -2.50. The fourth-order valence-corrected chi connectivity index (χ4v) is 3.86. The summed E-state index contributed by atoms with van der Waals surface area (Å²) in [5.74, 6) is -1.58. The van der Waals surface area contributed by atoms with Gasteiger partial charge >= 0.3 is 0 Å². The molecule has 0 aromatic heterocycles. The number of nitrogens with zero attached hydrogens (tertiary/aromatic N) is 1. The largest absolute Gasteiger partial charge is 0.548 e. The number of hydrogen-bond acceptors (Lipinski definition) is 6. The first-order valence-corrected chi connectivity index (χ1v) is 9.28. The molecule has 1 saturated heterocycles. The van der Waals surface area contributed by atoms with E-state index in [0.29, 0.717) is 16.2 Å². The van der Waals surface area contributed by atoms with Crippen molar-refractivity contribution in [2.24, 2.45) is 0 Å². The summed E-state index contributed by atoms with van der Waals surface area (Å²) in [7, 11) is 0. The minimum absolute atomic E-state index is 0.193. The molecule has 8 heteroatoms. The van der Waals surface area contributed by atoms with E-state index in [-0.39, 0.29) is 16.6 Å². The van der Waals surface area contributed by atoms with Gasteiger partial charge in [0, 0.05) is 0 Å². The normalized spacial score (nSPS) is 17.8. The molecule has 0 spiro atoms. The molecule has 0 unspecified atom stereocenters. The number of carbonyl (C=O) groups excluding carboxylic acids is 2. The first kappa shape index (κ1) is 18.0. The topological polar surface area (TPSA) is 60.4 Å². The molecule has 1 aromatic rings. The van der Waals surface area contributed by atoms with Crippen molar-refractivity contribution in [1.29, 1.82) is 0 Å². The van der Waals surface area contributed by atoms with Gasteiger partial charge in [-0.2, -0.15) is 11.8 Å². The predicted octanol–water partition coefficient (Wildman–Crippen LogP) is 1.90. The maximum Gasteiger partial charge on any atom is 0.266 e. The van der Waals surface area contributed by atoms with Crippen LogP contribution in [0.1, 0.15) is 12.0 Å². The summed E-state index contributed by atoms with van der Waals surface area (Å²) < 4.78 is 13.1.